The van der Waals surface area contributed by atoms with E-state index in [2.05, 4.69) is 20.0 Å². The van der Waals surface area contributed by atoms with Gasteiger partial charge in [-0.1, -0.05) is 5.16 Å². The summed E-state index contributed by atoms with van der Waals surface area (Å²) in [5.74, 6) is 2.19. The van der Waals surface area contributed by atoms with Crippen LogP contribution in [-0.2, 0) is 15.8 Å². The van der Waals surface area contributed by atoms with Gasteiger partial charge >= 0.3 is 0 Å². The number of sulfonamides is 1. The average Bonchev–Trinajstić information content (AvgIpc) is 3.33. The minimum absolute atomic E-state index is 0.122. The molecule has 1 aliphatic heterocycles. The molecule has 2 aliphatic rings. The molecule has 0 spiro atoms. The van der Waals surface area contributed by atoms with Crippen molar-refractivity contribution in [1.29, 1.82) is 0 Å². The monoisotopic (exact) mass is 349 g/mol. The molecular weight excluding hydrogens is 330 g/mol. The van der Waals surface area contributed by atoms with Gasteiger partial charge in [-0.15, -0.1) is 0 Å². The molecule has 1 saturated carbocycles. The lowest BCUT2D eigenvalue weighted by Crippen LogP contribution is -2.49. The van der Waals surface area contributed by atoms with Gasteiger partial charge in [-0.2, -0.15) is 4.31 Å². The fraction of sp³-hybridized carbons (Fsp3) is 0.533. The smallest absolute Gasteiger partial charge is 0.220 e. The molecule has 1 saturated heterocycles. The van der Waals surface area contributed by atoms with Gasteiger partial charge in [0, 0.05) is 44.4 Å². The molecule has 2 aromatic heterocycles. The lowest BCUT2D eigenvalue weighted by molar-refractivity contribution is 0.380. The second-order valence-corrected chi connectivity index (χ2v) is 8.15. The van der Waals surface area contributed by atoms with E-state index in [1.54, 1.807) is 12.3 Å². The summed E-state index contributed by atoms with van der Waals surface area (Å²) in [6.45, 7) is 2.14. The number of aromatic nitrogens is 3. The lowest BCUT2D eigenvalue weighted by Gasteiger charge is -2.34. The topological polar surface area (TPSA) is 92.4 Å². The van der Waals surface area contributed by atoms with Crippen LogP contribution in [0.15, 0.2) is 29.1 Å². The number of nitrogens with zero attached hydrogens (tertiary/aromatic N) is 5. The third-order valence-corrected chi connectivity index (χ3v) is 6.19. The quantitative estimate of drug-likeness (QED) is 0.795. The van der Waals surface area contributed by atoms with Crippen molar-refractivity contribution in [2.75, 3.05) is 31.1 Å². The molecule has 2 aromatic rings. The van der Waals surface area contributed by atoms with Crippen LogP contribution in [0.2, 0.25) is 0 Å². The summed E-state index contributed by atoms with van der Waals surface area (Å²) in [5.41, 5.74) is 0.433. The molecule has 1 aliphatic carbocycles. The van der Waals surface area contributed by atoms with Gasteiger partial charge in [-0.05, 0) is 18.9 Å². The largest absolute Gasteiger partial charge is 0.364 e. The van der Waals surface area contributed by atoms with Crippen molar-refractivity contribution in [1.82, 2.24) is 19.4 Å². The standard InChI is InChI=1S/C15H19N5O3S/c21-24(22,11-13-4-10-23-18-13)20-8-6-19(7-9-20)14-3-5-16-15(17-14)12-1-2-12/h3-5,10,12H,1-2,6-9,11H2. The molecule has 2 fully saturated rings. The normalized spacial score (nSPS) is 19.6. The Morgan fingerprint density at radius 3 is 2.62 bits per heavy atom. The highest BCUT2D eigenvalue weighted by atomic mass is 32.2. The maximum absolute atomic E-state index is 12.4. The van der Waals surface area contributed by atoms with E-state index >= 15 is 0 Å². The van der Waals surface area contributed by atoms with E-state index in [1.807, 2.05) is 6.07 Å². The zero-order valence-corrected chi connectivity index (χ0v) is 14.0. The fourth-order valence-corrected chi connectivity index (χ4v) is 4.29. The van der Waals surface area contributed by atoms with Gasteiger partial charge < -0.3 is 9.42 Å². The molecule has 4 rings (SSSR count). The third kappa shape index (κ3) is 3.27. The van der Waals surface area contributed by atoms with Gasteiger partial charge in [-0.3, -0.25) is 0 Å². The molecule has 24 heavy (non-hydrogen) atoms. The molecule has 0 bridgehead atoms. The molecule has 9 heteroatoms. The Kier molecular flexibility index (Phi) is 3.97. The van der Waals surface area contributed by atoms with Crippen molar-refractivity contribution in [3.63, 3.8) is 0 Å². The molecule has 0 amide bonds. The molecule has 0 atom stereocenters. The van der Waals surface area contributed by atoms with Crippen molar-refractivity contribution in [2.45, 2.75) is 24.5 Å². The van der Waals surface area contributed by atoms with Crippen molar-refractivity contribution in [3.05, 3.63) is 36.1 Å². The highest BCUT2D eigenvalue weighted by Crippen LogP contribution is 2.38. The number of hydrogen-bond acceptors (Lipinski definition) is 7. The van der Waals surface area contributed by atoms with E-state index in [0.29, 0.717) is 37.8 Å². The molecule has 0 aromatic carbocycles. The predicted molar refractivity (Wildman–Crippen MR) is 86.9 cm³/mol. The molecule has 128 valence electrons. The Hall–Kier alpha value is -2.00. The Bertz CT molecular complexity index is 796. The van der Waals surface area contributed by atoms with Gasteiger partial charge in [0.25, 0.3) is 0 Å². The summed E-state index contributed by atoms with van der Waals surface area (Å²) in [7, 11) is -3.37. The highest BCUT2D eigenvalue weighted by molar-refractivity contribution is 7.88. The zero-order valence-electron chi connectivity index (χ0n) is 13.2. The Balaban J connectivity index is 1.40. The molecule has 0 unspecified atom stereocenters. The summed E-state index contributed by atoms with van der Waals surface area (Å²) in [4.78, 5) is 11.1. The van der Waals surface area contributed by atoms with Crippen molar-refractivity contribution in [3.8, 4) is 0 Å². The molecule has 8 nitrogen and oxygen atoms in total. The molecule has 0 N–H and O–H groups in total. The number of rotatable bonds is 5. The lowest BCUT2D eigenvalue weighted by atomic mass is 10.3. The van der Waals surface area contributed by atoms with Gasteiger partial charge in [-0.25, -0.2) is 18.4 Å². The van der Waals surface area contributed by atoms with Gasteiger partial charge in [0.2, 0.25) is 10.0 Å². The summed E-state index contributed by atoms with van der Waals surface area (Å²) >= 11 is 0. The van der Waals surface area contributed by atoms with E-state index in [9.17, 15) is 8.42 Å². The number of anilines is 1. The minimum Gasteiger partial charge on any atom is -0.364 e. The molecule has 0 radical (unpaired) electrons. The van der Waals surface area contributed by atoms with Gasteiger partial charge in [0.1, 0.15) is 23.7 Å². The third-order valence-electron chi connectivity index (χ3n) is 4.38. The van der Waals surface area contributed by atoms with E-state index in [0.717, 1.165) is 24.5 Å². The number of piperazine rings is 1. The predicted octanol–water partition coefficient (Wildman–Crippen LogP) is 0.994. The van der Waals surface area contributed by atoms with Crippen LogP contribution in [0.3, 0.4) is 0 Å². The van der Waals surface area contributed by atoms with E-state index < -0.39 is 10.0 Å². The fourth-order valence-electron chi connectivity index (χ4n) is 2.86. The Morgan fingerprint density at radius 2 is 1.96 bits per heavy atom. The molecule has 3 heterocycles. The summed E-state index contributed by atoms with van der Waals surface area (Å²) < 4.78 is 31.1. The summed E-state index contributed by atoms with van der Waals surface area (Å²) in [6.07, 6.45) is 5.51. The van der Waals surface area contributed by atoms with Crippen LogP contribution in [0, 0.1) is 0 Å². The average molecular weight is 349 g/mol. The number of hydrogen-bond donors (Lipinski definition) is 0. The van der Waals surface area contributed by atoms with E-state index in [4.69, 9.17) is 4.52 Å². The van der Waals surface area contributed by atoms with Gasteiger partial charge in [0.15, 0.2) is 0 Å². The van der Waals surface area contributed by atoms with Crippen molar-refractivity contribution < 1.29 is 12.9 Å². The van der Waals surface area contributed by atoms with Crippen LogP contribution in [0.1, 0.15) is 30.3 Å². The van der Waals surface area contributed by atoms with Crippen molar-refractivity contribution >= 4 is 15.8 Å². The second kappa shape index (κ2) is 6.14. The van der Waals surface area contributed by atoms with E-state index in [-0.39, 0.29) is 5.75 Å². The van der Waals surface area contributed by atoms with Crippen LogP contribution < -0.4 is 4.90 Å². The first kappa shape index (κ1) is 15.5. The van der Waals surface area contributed by atoms with Crippen LogP contribution in [-0.4, -0.2) is 54.0 Å². The highest BCUT2D eigenvalue weighted by Gasteiger charge is 2.30. The zero-order chi connectivity index (χ0) is 16.6. The van der Waals surface area contributed by atoms with Crippen LogP contribution in [0.4, 0.5) is 5.82 Å². The minimum atomic E-state index is -3.37. The SMILES string of the molecule is O=S(=O)(Cc1ccon1)N1CCN(c2ccnc(C3CC3)n2)CC1. The van der Waals surface area contributed by atoms with Gasteiger partial charge in [0.05, 0.1) is 5.69 Å². The summed E-state index contributed by atoms with van der Waals surface area (Å²) in [5, 5.41) is 3.68. The van der Waals surface area contributed by atoms with Crippen LogP contribution >= 0.6 is 0 Å². The molecular formula is C15H19N5O3S. The van der Waals surface area contributed by atoms with Crippen LogP contribution in [0.5, 0.6) is 0 Å². The van der Waals surface area contributed by atoms with Crippen molar-refractivity contribution in [2.24, 2.45) is 0 Å². The first-order valence-electron chi connectivity index (χ1n) is 8.07. The first-order valence-corrected chi connectivity index (χ1v) is 9.68. The second-order valence-electron chi connectivity index (χ2n) is 6.18. The maximum atomic E-state index is 12.4. The van der Waals surface area contributed by atoms with E-state index in [1.165, 1.54) is 10.6 Å². The van der Waals surface area contributed by atoms with Crippen LogP contribution in [0.25, 0.3) is 0 Å². The Morgan fingerprint density at radius 1 is 1.17 bits per heavy atom. The summed E-state index contributed by atoms with van der Waals surface area (Å²) in [6, 6.07) is 3.47. The first-order chi connectivity index (χ1) is 11.6. The Labute approximate surface area is 140 Å². The maximum Gasteiger partial charge on any atom is 0.220 e.